The van der Waals surface area contributed by atoms with Crippen LogP contribution >= 0.6 is 22.9 Å². The molecule has 0 atom stereocenters. The predicted octanol–water partition coefficient (Wildman–Crippen LogP) is 6.39. The van der Waals surface area contributed by atoms with Crippen LogP contribution in [0.25, 0.3) is 16.8 Å². The minimum atomic E-state index is -0.626. The van der Waals surface area contributed by atoms with Crippen molar-refractivity contribution in [3.05, 3.63) is 93.4 Å². The standard InChI is InChI=1S/C28H25ClN2O5S/c1-3-35-27(33)22-8-6-5-7-19(22)15-25(32)30-23-16-24(29)31(26(23)28(34)36-4-2)21-11-9-18(10-12-21)20-13-14-37-17-20/h5-14,16-17H,3-4,15H2,1-2H3,(H,30,32). The van der Waals surface area contributed by atoms with Crippen LogP contribution < -0.4 is 5.32 Å². The second kappa shape index (κ2) is 11.9. The van der Waals surface area contributed by atoms with Crippen LogP contribution in [0, 0.1) is 0 Å². The molecule has 2 aromatic carbocycles. The molecule has 0 aliphatic rings. The number of hydrogen-bond acceptors (Lipinski definition) is 6. The van der Waals surface area contributed by atoms with E-state index in [9.17, 15) is 14.4 Å². The number of amides is 1. The Morgan fingerprint density at radius 2 is 1.62 bits per heavy atom. The summed E-state index contributed by atoms with van der Waals surface area (Å²) in [5.74, 6) is -1.55. The molecular formula is C28H25ClN2O5S. The third kappa shape index (κ3) is 5.93. The summed E-state index contributed by atoms with van der Waals surface area (Å²) in [7, 11) is 0. The number of rotatable bonds is 9. The summed E-state index contributed by atoms with van der Waals surface area (Å²) < 4.78 is 11.9. The highest BCUT2D eigenvalue weighted by Gasteiger charge is 2.25. The van der Waals surface area contributed by atoms with E-state index < -0.39 is 17.8 Å². The Morgan fingerprint density at radius 1 is 0.919 bits per heavy atom. The van der Waals surface area contributed by atoms with Crippen molar-refractivity contribution in [3.63, 3.8) is 0 Å². The number of hydrogen-bond donors (Lipinski definition) is 1. The smallest absolute Gasteiger partial charge is 0.357 e. The van der Waals surface area contributed by atoms with E-state index in [1.54, 1.807) is 54.0 Å². The fraction of sp³-hybridized carbons (Fsp3) is 0.179. The van der Waals surface area contributed by atoms with Gasteiger partial charge >= 0.3 is 11.9 Å². The van der Waals surface area contributed by atoms with Crippen molar-refractivity contribution in [1.82, 2.24) is 4.57 Å². The third-order valence-corrected chi connectivity index (χ3v) is 6.50. The van der Waals surface area contributed by atoms with E-state index >= 15 is 0 Å². The molecule has 190 valence electrons. The number of esters is 2. The minimum absolute atomic E-state index is 0.0992. The van der Waals surface area contributed by atoms with Crippen LogP contribution in [0.3, 0.4) is 0 Å². The molecule has 2 heterocycles. The maximum atomic E-state index is 13.0. The summed E-state index contributed by atoms with van der Waals surface area (Å²) >= 11 is 8.17. The van der Waals surface area contributed by atoms with Crippen molar-refractivity contribution < 1.29 is 23.9 Å². The number of thiophene rings is 1. The van der Waals surface area contributed by atoms with Gasteiger partial charge in [-0.05, 0) is 71.6 Å². The van der Waals surface area contributed by atoms with Crippen molar-refractivity contribution in [3.8, 4) is 16.8 Å². The van der Waals surface area contributed by atoms with E-state index in [-0.39, 0.29) is 36.2 Å². The number of carbonyl (C=O) groups is 3. The van der Waals surface area contributed by atoms with Crippen LogP contribution in [0.1, 0.15) is 40.3 Å². The first-order valence-electron chi connectivity index (χ1n) is 11.7. The summed E-state index contributed by atoms with van der Waals surface area (Å²) in [4.78, 5) is 38.3. The Hall–Kier alpha value is -3.88. The highest BCUT2D eigenvalue weighted by atomic mass is 35.5. The number of anilines is 1. The topological polar surface area (TPSA) is 86.6 Å². The lowest BCUT2D eigenvalue weighted by atomic mass is 10.0. The summed E-state index contributed by atoms with van der Waals surface area (Å²) in [6.45, 7) is 3.79. The van der Waals surface area contributed by atoms with Gasteiger partial charge in [-0.15, -0.1) is 0 Å². The van der Waals surface area contributed by atoms with E-state index in [0.717, 1.165) is 11.1 Å². The van der Waals surface area contributed by atoms with E-state index in [1.165, 1.54) is 6.07 Å². The lowest BCUT2D eigenvalue weighted by Gasteiger charge is -2.13. The molecule has 0 bridgehead atoms. The molecule has 4 rings (SSSR count). The molecule has 0 fully saturated rings. The summed E-state index contributed by atoms with van der Waals surface area (Å²) in [5.41, 5.74) is 3.89. The first-order chi connectivity index (χ1) is 17.9. The first kappa shape index (κ1) is 26.2. The van der Waals surface area contributed by atoms with Crippen LogP contribution in [0.15, 0.2) is 71.4 Å². The third-order valence-electron chi connectivity index (χ3n) is 5.54. The lowest BCUT2D eigenvalue weighted by Crippen LogP contribution is -2.20. The predicted molar refractivity (Wildman–Crippen MR) is 145 cm³/mol. The molecule has 0 unspecified atom stereocenters. The molecule has 0 radical (unpaired) electrons. The van der Waals surface area contributed by atoms with Gasteiger partial charge in [0.2, 0.25) is 5.91 Å². The van der Waals surface area contributed by atoms with E-state index in [0.29, 0.717) is 16.8 Å². The molecule has 2 aromatic heterocycles. The Kier molecular flexibility index (Phi) is 8.43. The normalized spacial score (nSPS) is 10.7. The minimum Gasteiger partial charge on any atom is -0.462 e. The van der Waals surface area contributed by atoms with Gasteiger partial charge in [0.05, 0.1) is 30.9 Å². The number of nitrogens with one attached hydrogen (secondary N) is 1. The van der Waals surface area contributed by atoms with E-state index in [4.69, 9.17) is 21.1 Å². The Morgan fingerprint density at radius 3 is 2.30 bits per heavy atom. The van der Waals surface area contributed by atoms with Gasteiger partial charge in [0.1, 0.15) is 5.15 Å². The summed E-state index contributed by atoms with van der Waals surface area (Å²) in [5, 5.41) is 7.05. The van der Waals surface area contributed by atoms with Gasteiger partial charge in [-0.1, -0.05) is 41.9 Å². The number of ether oxygens (including phenoxy) is 2. The molecule has 0 spiro atoms. The van der Waals surface area contributed by atoms with Gasteiger partial charge < -0.3 is 14.8 Å². The van der Waals surface area contributed by atoms with Crippen LogP contribution in [-0.4, -0.2) is 35.6 Å². The van der Waals surface area contributed by atoms with Crippen LogP contribution in [0.5, 0.6) is 0 Å². The summed E-state index contributed by atoms with van der Waals surface area (Å²) in [6.07, 6.45) is -0.102. The highest BCUT2D eigenvalue weighted by molar-refractivity contribution is 7.08. The highest BCUT2D eigenvalue weighted by Crippen LogP contribution is 2.32. The molecule has 4 aromatic rings. The van der Waals surface area contributed by atoms with Crippen molar-refractivity contribution in [1.29, 1.82) is 0 Å². The van der Waals surface area contributed by atoms with Gasteiger partial charge in [0.25, 0.3) is 0 Å². The molecule has 0 saturated heterocycles. The number of benzene rings is 2. The van der Waals surface area contributed by atoms with Crippen molar-refractivity contribution in [2.24, 2.45) is 0 Å². The Bertz CT molecular complexity index is 1410. The fourth-order valence-corrected chi connectivity index (χ4v) is 4.87. The van der Waals surface area contributed by atoms with Gasteiger partial charge in [0, 0.05) is 5.69 Å². The van der Waals surface area contributed by atoms with Crippen LogP contribution in [-0.2, 0) is 20.7 Å². The number of halogens is 1. The van der Waals surface area contributed by atoms with E-state index in [1.807, 2.05) is 35.7 Å². The monoisotopic (exact) mass is 536 g/mol. The van der Waals surface area contributed by atoms with Crippen LogP contribution in [0.2, 0.25) is 5.15 Å². The zero-order chi connectivity index (χ0) is 26.4. The Labute approximate surface area is 223 Å². The maximum Gasteiger partial charge on any atom is 0.357 e. The Balaban J connectivity index is 1.64. The zero-order valence-electron chi connectivity index (χ0n) is 20.3. The van der Waals surface area contributed by atoms with E-state index in [2.05, 4.69) is 10.7 Å². The molecular weight excluding hydrogens is 512 g/mol. The second-order valence-electron chi connectivity index (χ2n) is 7.95. The molecule has 1 amide bonds. The lowest BCUT2D eigenvalue weighted by molar-refractivity contribution is -0.115. The fourth-order valence-electron chi connectivity index (χ4n) is 3.91. The quantitative estimate of drug-likeness (QED) is 0.250. The molecule has 0 aliphatic carbocycles. The van der Waals surface area contributed by atoms with Crippen LogP contribution in [0.4, 0.5) is 5.69 Å². The SMILES string of the molecule is CCOC(=O)c1ccccc1CC(=O)Nc1cc(Cl)n(-c2ccc(-c3ccsc3)cc2)c1C(=O)OCC. The van der Waals surface area contributed by atoms with Crippen molar-refractivity contribution >= 4 is 46.5 Å². The zero-order valence-corrected chi connectivity index (χ0v) is 21.9. The largest absolute Gasteiger partial charge is 0.462 e. The molecule has 0 aliphatic heterocycles. The number of carbonyl (C=O) groups excluding carboxylic acids is 3. The molecule has 0 saturated carbocycles. The van der Waals surface area contributed by atoms with Crippen molar-refractivity contribution in [2.75, 3.05) is 18.5 Å². The van der Waals surface area contributed by atoms with Gasteiger partial charge in [-0.3, -0.25) is 9.36 Å². The molecule has 7 nitrogen and oxygen atoms in total. The first-order valence-corrected chi connectivity index (χ1v) is 13.0. The molecule has 9 heteroatoms. The molecule has 1 N–H and O–H groups in total. The second-order valence-corrected chi connectivity index (χ2v) is 9.11. The van der Waals surface area contributed by atoms with Gasteiger partial charge in [0.15, 0.2) is 5.69 Å². The maximum absolute atomic E-state index is 13.0. The van der Waals surface area contributed by atoms with Gasteiger partial charge in [-0.25, -0.2) is 9.59 Å². The molecule has 37 heavy (non-hydrogen) atoms. The number of aromatic nitrogens is 1. The number of nitrogens with zero attached hydrogens (tertiary/aromatic N) is 1. The average molecular weight is 537 g/mol. The van der Waals surface area contributed by atoms with Crippen molar-refractivity contribution in [2.45, 2.75) is 20.3 Å². The van der Waals surface area contributed by atoms with Gasteiger partial charge in [-0.2, -0.15) is 11.3 Å². The summed E-state index contributed by atoms with van der Waals surface area (Å²) in [6, 6.07) is 17.9. The average Bonchev–Trinajstić information content (AvgIpc) is 3.53.